The second-order valence-corrected chi connectivity index (χ2v) is 7.75. The number of esters is 1. The Morgan fingerprint density at radius 2 is 1.66 bits per heavy atom. The van der Waals surface area contributed by atoms with Crippen molar-refractivity contribution in [2.45, 2.75) is 6.61 Å². The van der Waals surface area contributed by atoms with E-state index in [1.165, 1.54) is 7.11 Å². The minimum atomic E-state index is -0.383. The molecule has 0 aliphatic heterocycles. The number of nitrogens with zero attached hydrogens (tertiary/aromatic N) is 1. The van der Waals surface area contributed by atoms with Gasteiger partial charge in [-0.1, -0.05) is 46.9 Å². The second kappa shape index (κ2) is 11.1. The van der Waals surface area contributed by atoms with E-state index in [0.717, 1.165) is 11.1 Å². The largest absolute Gasteiger partial charge is 0.493 e. The molecule has 3 rings (SSSR count). The Kier molecular flexibility index (Phi) is 8.22. The minimum absolute atomic E-state index is 0.306. The second-order valence-electron chi connectivity index (χ2n) is 6.50. The van der Waals surface area contributed by atoms with Gasteiger partial charge in [0.05, 0.1) is 41.7 Å². The summed E-state index contributed by atoms with van der Waals surface area (Å²) in [6.45, 7) is 0.306. The van der Waals surface area contributed by atoms with Gasteiger partial charge in [0.2, 0.25) is 0 Å². The first-order chi connectivity index (χ1) is 15.4. The maximum absolute atomic E-state index is 11.5. The summed E-state index contributed by atoms with van der Waals surface area (Å²) in [5.41, 5.74) is 5.41. The lowest BCUT2D eigenvalue weighted by Gasteiger charge is -2.12. The summed E-state index contributed by atoms with van der Waals surface area (Å²) < 4.78 is 16.0. The molecule has 6 nitrogen and oxygen atoms in total. The highest BCUT2D eigenvalue weighted by Gasteiger charge is 2.09. The molecule has 0 heterocycles. The van der Waals surface area contributed by atoms with Gasteiger partial charge in [-0.15, -0.1) is 0 Å². The molecule has 166 valence electrons. The number of hydrogen-bond acceptors (Lipinski definition) is 6. The van der Waals surface area contributed by atoms with Gasteiger partial charge in [-0.3, -0.25) is 5.43 Å². The number of nitrogens with one attached hydrogen (secondary N) is 1. The van der Waals surface area contributed by atoms with Crippen molar-refractivity contribution in [3.05, 3.63) is 86.4 Å². The maximum atomic E-state index is 11.5. The van der Waals surface area contributed by atoms with Crippen molar-refractivity contribution in [1.29, 1.82) is 0 Å². The molecular weight excluding hydrogens is 475 g/mol. The fourth-order valence-corrected chi connectivity index (χ4v) is 3.62. The fourth-order valence-electron chi connectivity index (χ4n) is 2.72. The van der Waals surface area contributed by atoms with Crippen LogP contribution in [-0.2, 0) is 11.3 Å². The topological polar surface area (TPSA) is 69.2 Å². The lowest BCUT2D eigenvalue weighted by molar-refractivity contribution is 0.0600. The van der Waals surface area contributed by atoms with Gasteiger partial charge in [0.25, 0.3) is 0 Å². The highest BCUT2D eigenvalue weighted by Crippen LogP contribution is 2.33. The third-order valence-corrected chi connectivity index (χ3v) is 5.17. The van der Waals surface area contributed by atoms with E-state index in [2.05, 4.69) is 10.5 Å². The molecule has 0 saturated heterocycles. The van der Waals surface area contributed by atoms with Crippen LogP contribution in [0.5, 0.6) is 11.5 Å². The van der Waals surface area contributed by atoms with E-state index in [0.29, 0.717) is 44.4 Å². The van der Waals surface area contributed by atoms with Gasteiger partial charge in [0.1, 0.15) is 6.61 Å². The molecule has 0 fully saturated rings. The molecule has 0 aromatic heterocycles. The average Bonchev–Trinajstić information content (AvgIpc) is 2.79. The standard InChI is InChI=1S/C23H19Cl3N2O4/c1-30-21-9-15(12-27-28-22-18(25)10-17(24)11-19(22)26)5-8-20(21)32-13-14-3-6-16(7-4-14)23(29)31-2/h3-12,28H,13H2,1-2H3. The zero-order chi connectivity index (χ0) is 23.1. The Balaban J connectivity index is 1.65. The lowest BCUT2D eigenvalue weighted by Crippen LogP contribution is -2.02. The first-order valence-corrected chi connectivity index (χ1v) is 10.5. The SMILES string of the molecule is COC(=O)c1ccc(COc2ccc(C=NNc3c(Cl)cc(Cl)cc3Cl)cc2OC)cc1. The Hall–Kier alpha value is -2.93. The highest BCUT2D eigenvalue weighted by atomic mass is 35.5. The maximum Gasteiger partial charge on any atom is 0.337 e. The van der Waals surface area contributed by atoms with Crippen molar-refractivity contribution in [2.24, 2.45) is 5.10 Å². The van der Waals surface area contributed by atoms with Crippen molar-refractivity contribution < 1.29 is 19.0 Å². The smallest absolute Gasteiger partial charge is 0.337 e. The summed E-state index contributed by atoms with van der Waals surface area (Å²) in [6.07, 6.45) is 1.60. The average molecular weight is 494 g/mol. The minimum Gasteiger partial charge on any atom is -0.493 e. The molecule has 0 unspecified atom stereocenters. The van der Waals surface area contributed by atoms with Crippen LogP contribution >= 0.6 is 34.8 Å². The molecule has 0 radical (unpaired) electrons. The predicted molar refractivity (Wildman–Crippen MR) is 128 cm³/mol. The number of carbonyl (C=O) groups excluding carboxylic acids is 1. The lowest BCUT2D eigenvalue weighted by atomic mass is 10.1. The van der Waals surface area contributed by atoms with Gasteiger partial charge >= 0.3 is 5.97 Å². The van der Waals surface area contributed by atoms with Gasteiger partial charge < -0.3 is 14.2 Å². The van der Waals surface area contributed by atoms with Crippen LogP contribution < -0.4 is 14.9 Å². The number of rotatable bonds is 8. The van der Waals surface area contributed by atoms with Crippen molar-refractivity contribution in [2.75, 3.05) is 19.6 Å². The molecule has 0 saturated carbocycles. The Morgan fingerprint density at radius 3 is 2.28 bits per heavy atom. The number of methoxy groups -OCH3 is 2. The summed E-state index contributed by atoms with van der Waals surface area (Å²) in [5.74, 6) is 0.729. The number of carbonyl (C=O) groups is 1. The van der Waals surface area contributed by atoms with Gasteiger partial charge in [0.15, 0.2) is 11.5 Å². The summed E-state index contributed by atoms with van der Waals surface area (Å²) in [7, 11) is 2.90. The van der Waals surface area contributed by atoms with Crippen LogP contribution in [0.25, 0.3) is 0 Å². The van der Waals surface area contributed by atoms with E-state index in [9.17, 15) is 4.79 Å². The molecule has 3 aromatic carbocycles. The summed E-state index contributed by atoms with van der Waals surface area (Å²) in [6, 6.07) is 15.5. The molecule has 0 bridgehead atoms. The van der Waals surface area contributed by atoms with Crippen LogP contribution in [-0.4, -0.2) is 26.4 Å². The molecule has 9 heteroatoms. The van der Waals surface area contributed by atoms with Crippen LogP contribution in [0.3, 0.4) is 0 Å². The first-order valence-electron chi connectivity index (χ1n) is 9.33. The third-order valence-electron chi connectivity index (χ3n) is 4.35. The van der Waals surface area contributed by atoms with Gasteiger partial charge in [0, 0.05) is 5.02 Å². The monoisotopic (exact) mass is 492 g/mol. The summed E-state index contributed by atoms with van der Waals surface area (Å²) in [5, 5.41) is 5.33. The molecule has 0 atom stereocenters. The van der Waals surface area contributed by atoms with Crippen LogP contribution in [0, 0.1) is 0 Å². The van der Waals surface area contributed by atoms with Crippen molar-refractivity contribution >= 4 is 52.7 Å². The number of benzene rings is 3. The van der Waals surface area contributed by atoms with Crippen LogP contribution in [0.15, 0.2) is 59.7 Å². The normalized spacial score (nSPS) is 10.8. The number of hydrazone groups is 1. The Labute approximate surface area is 200 Å². The van der Waals surface area contributed by atoms with E-state index in [4.69, 9.17) is 49.0 Å². The molecule has 1 N–H and O–H groups in total. The molecule has 32 heavy (non-hydrogen) atoms. The van der Waals surface area contributed by atoms with Gasteiger partial charge in [-0.05, 0) is 53.6 Å². The van der Waals surface area contributed by atoms with E-state index in [1.54, 1.807) is 61.9 Å². The summed E-state index contributed by atoms with van der Waals surface area (Å²) >= 11 is 18.2. The summed E-state index contributed by atoms with van der Waals surface area (Å²) in [4.78, 5) is 11.5. The quantitative estimate of drug-likeness (QED) is 0.221. The molecular formula is C23H19Cl3N2O4. The number of ether oxygens (including phenoxy) is 3. The Bertz CT molecular complexity index is 1110. The highest BCUT2D eigenvalue weighted by molar-refractivity contribution is 6.41. The number of anilines is 1. The van der Waals surface area contributed by atoms with E-state index >= 15 is 0 Å². The van der Waals surface area contributed by atoms with Crippen LogP contribution in [0.2, 0.25) is 15.1 Å². The number of halogens is 3. The van der Waals surface area contributed by atoms with Gasteiger partial charge in [-0.25, -0.2) is 4.79 Å². The van der Waals surface area contributed by atoms with Crippen LogP contribution in [0.1, 0.15) is 21.5 Å². The van der Waals surface area contributed by atoms with Crippen molar-refractivity contribution in [3.63, 3.8) is 0 Å². The Morgan fingerprint density at radius 1 is 0.969 bits per heavy atom. The van der Waals surface area contributed by atoms with Crippen LogP contribution in [0.4, 0.5) is 5.69 Å². The third kappa shape index (κ3) is 6.07. The van der Waals surface area contributed by atoms with E-state index < -0.39 is 0 Å². The molecule has 0 amide bonds. The molecule has 0 aliphatic carbocycles. The van der Waals surface area contributed by atoms with Crippen molar-refractivity contribution in [1.82, 2.24) is 0 Å². The molecule has 0 spiro atoms. The molecule has 3 aromatic rings. The first kappa shape index (κ1) is 23.7. The van der Waals surface area contributed by atoms with E-state index in [-0.39, 0.29) is 5.97 Å². The number of hydrogen-bond donors (Lipinski definition) is 1. The fraction of sp³-hybridized carbons (Fsp3) is 0.130. The van der Waals surface area contributed by atoms with E-state index in [1.807, 2.05) is 6.07 Å². The zero-order valence-electron chi connectivity index (χ0n) is 17.2. The zero-order valence-corrected chi connectivity index (χ0v) is 19.5. The predicted octanol–water partition coefficient (Wildman–Crippen LogP) is 6.47. The van der Waals surface area contributed by atoms with Crippen molar-refractivity contribution in [3.8, 4) is 11.5 Å². The molecule has 0 aliphatic rings. The van der Waals surface area contributed by atoms with Gasteiger partial charge in [-0.2, -0.15) is 5.10 Å².